The molecule has 0 spiro atoms. The lowest BCUT2D eigenvalue weighted by atomic mass is 10.2. The summed E-state index contributed by atoms with van der Waals surface area (Å²) in [5.41, 5.74) is 0.743. The van der Waals surface area contributed by atoms with Crippen LogP contribution in [0.4, 0.5) is 4.39 Å². The van der Waals surface area contributed by atoms with E-state index in [4.69, 9.17) is 0 Å². The summed E-state index contributed by atoms with van der Waals surface area (Å²) in [5.74, 6) is 0. The first-order chi connectivity index (χ1) is 5.35. The van der Waals surface area contributed by atoms with Gasteiger partial charge in [-0.1, -0.05) is 30.3 Å². The van der Waals surface area contributed by atoms with Crippen LogP contribution in [0.15, 0.2) is 30.3 Å². The molecule has 0 saturated heterocycles. The summed E-state index contributed by atoms with van der Waals surface area (Å²) in [6, 6.07) is 9.06. The van der Waals surface area contributed by atoms with Crippen molar-refractivity contribution in [3.05, 3.63) is 35.9 Å². The Labute approximate surface area is 71.8 Å². The van der Waals surface area contributed by atoms with E-state index in [2.05, 4.69) is 0 Å². The Morgan fingerprint density at radius 1 is 1.18 bits per heavy atom. The van der Waals surface area contributed by atoms with Crippen molar-refractivity contribution in [3.8, 4) is 0 Å². The normalized spacial score (nSPS) is 8.27. The topological polar surface area (TPSA) is 0 Å². The summed E-state index contributed by atoms with van der Waals surface area (Å²) in [7, 11) is 0. The Kier molecular flexibility index (Phi) is 7.26. The van der Waals surface area contributed by atoms with Crippen LogP contribution in [0.1, 0.15) is 5.56 Å². The van der Waals surface area contributed by atoms with Crippen molar-refractivity contribution < 1.29 is 4.39 Å². The van der Waals surface area contributed by atoms with E-state index in [1.807, 2.05) is 30.7 Å². The fourth-order valence-electron chi connectivity index (χ4n) is 0.567. The van der Waals surface area contributed by atoms with Crippen molar-refractivity contribution in [3.63, 3.8) is 0 Å². The highest BCUT2D eigenvalue weighted by Gasteiger charge is 1.82. The first-order valence-electron chi connectivity index (χ1n) is 3.35. The average Bonchev–Trinajstić information content (AvgIpc) is 2.08. The molecule has 0 nitrogen and oxygen atoms in total. The lowest BCUT2D eigenvalue weighted by Gasteiger charge is -1.87. The second-order valence-electron chi connectivity index (χ2n) is 2.03. The molecule has 0 amide bonds. The van der Waals surface area contributed by atoms with Crippen molar-refractivity contribution >= 4 is 11.8 Å². The molecule has 11 heavy (non-hydrogen) atoms. The fourth-order valence-corrected chi connectivity index (χ4v) is 0.567. The summed E-state index contributed by atoms with van der Waals surface area (Å²) >= 11 is 1.75. The number of hydrogen-bond acceptors (Lipinski definition) is 1. The molecule has 0 fully saturated rings. The summed E-state index contributed by atoms with van der Waals surface area (Å²) in [5, 5.41) is 0. The fraction of sp³-hybridized carbons (Fsp3) is 0.333. The molecular formula is C9H13FS. The van der Waals surface area contributed by atoms with Gasteiger partial charge in [-0.05, 0) is 18.1 Å². The number of rotatable bonds is 1. The van der Waals surface area contributed by atoms with Crippen LogP contribution in [-0.4, -0.2) is 12.5 Å². The Balaban J connectivity index is 0.000000292. The van der Waals surface area contributed by atoms with E-state index in [-0.39, 0.29) is 6.67 Å². The summed E-state index contributed by atoms with van der Waals surface area (Å²) in [6.07, 6.45) is 4.08. The van der Waals surface area contributed by atoms with Gasteiger partial charge in [0.15, 0.2) is 0 Å². The molecule has 1 aromatic rings. The SMILES string of the molecule is CSC.FCc1ccccc1. The van der Waals surface area contributed by atoms with E-state index in [9.17, 15) is 4.39 Å². The first-order valence-corrected chi connectivity index (χ1v) is 4.98. The quantitative estimate of drug-likeness (QED) is 0.627. The zero-order chi connectivity index (χ0) is 8.53. The monoisotopic (exact) mass is 172 g/mol. The van der Waals surface area contributed by atoms with Crippen LogP contribution < -0.4 is 0 Å². The van der Waals surface area contributed by atoms with Crippen LogP contribution in [0.5, 0.6) is 0 Å². The van der Waals surface area contributed by atoms with Gasteiger partial charge in [-0.3, -0.25) is 0 Å². The van der Waals surface area contributed by atoms with Crippen molar-refractivity contribution in [2.75, 3.05) is 12.5 Å². The van der Waals surface area contributed by atoms with Crippen LogP contribution in [-0.2, 0) is 6.67 Å². The lowest BCUT2D eigenvalue weighted by molar-refractivity contribution is 0.485. The summed E-state index contributed by atoms with van der Waals surface area (Å²) in [4.78, 5) is 0. The number of halogens is 1. The average molecular weight is 172 g/mol. The third-order valence-electron chi connectivity index (χ3n) is 0.997. The lowest BCUT2D eigenvalue weighted by Crippen LogP contribution is -1.72. The Hall–Kier alpha value is -0.500. The van der Waals surface area contributed by atoms with Crippen LogP contribution in [0.25, 0.3) is 0 Å². The maximum atomic E-state index is 11.7. The Bertz CT molecular complexity index is 162. The van der Waals surface area contributed by atoms with E-state index in [0.717, 1.165) is 5.56 Å². The zero-order valence-corrected chi connectivity index (χ0v) is 7.70. The summed E-state index contributed by atoms with van der Waals surface area (Å²) in [6.45, 7) is -0.360. The van der Waals surface area contributed by atoms with E-state index in [1.165, 1.54) is 0 Å². The van der Waals surface area contributed by atoms with E-state index in [0.29, 0.717) is 0 Å². The van der Waals surface area contributed by atoms with Gasteiger partial charge in [-0.25, -0.2) is 4.39 Å². The molecule has 0 saturated carbocycles. The molecule has 0 aliphatic rings. The van der Waals surface area contributed by atoms with Crippen molar-refractivity contribution in [2.24, 2.45) is 0 Å². The van der Waals surface area contributed by atoms with Crippen molar-refractivity contribution in [1.29, 1.82) is 0 Å². The molecule has 1 aromatic carbocycles. The van der Waals surface area contributed by atoms with Crippen LogP contribution in [0.3, 0.4) is 0 Å². The molecular weight excluding hydrogens is 159 g/mol. The molecule has 0 atom stereocenters. The van der Waals surface area contributed by atoms with Gasteiger partial charge in [-0.15, -0.1) is 0 Å². The second kappa shape index (κ2) is 7.61. The number of thioether (sulfide) groups is 1. The standard InChI is InChI=1S/C7H7F.C2H6S/c8-6-7-4-2-1-3-5-7;1-3-2/h1-5H,6H2;1-2H3. The number of hydrogen-bond donors (Lipinski definition) is 0. The number of benzene rings is 1. The molecule has 1 rings (SSSR count). The second-order valence-corrected chi connectivity index (χ2v) is 2.84. The van der Waals surface area contributed by atoms with Crippen molar-refractivity contribution in [1.82, 2.24) is 0 Å². The maximum Gasteiger partial charge on any atom is 0.115 e. The molecule has 0 aliphatic heterocycles. The minimum absolute atomic E-state index is 0.360. The van der Waals surface area contributed by atoms with E-state index < -0.39 is 0 Å². The molecule has 0 aromatic heterocycles. The first kappa shape index (κ1) is 10.5. The van der Waals surface area contributed by atoms with Gasteiger partial charge in [0.05, 0.1) is 0 Å². The van der Waals surface area contributed by atoms with Gasteiger partial charge in [0.1, 0.15) is 6.67 Å². The number of alkyl halides is 1. The highest BCUT2D eigenvalue weighted by atomic mass is 32.2. The van der Waals surface area contributed by atoms with Gasteiger partial charge < -0.3 is 0 Å². The third kappa shape index (κ3) is 5.92. The molecule has 62 valence electrons. The highest BCUT2D eigenvalue weighted by molar-refractivity contribution is 7.97. The van der Waals surface area contributed by atoms with E-state index >= 15 is 0 Å². The molecule has 0 N–H and O–H groups in total. The smallest absolute Gasteiger partial charge is 0.115 e. The molecule has 0 radical (unpaired) electrons. The predicted octanol–water partition coefficient (Wildman–Crippen LogP) is 3.14. The predicted molar refractivity (Wildman–Crippen MR) is 50.7 cm³/mol. The van der Waals surface area contributed by atoms with E-state index in [1.54, 1.807) is 23.9 Å². The maximum absolute atomic E-state index is 11.7. The molecule has 0 heterocycles. The van der Waals surface area contributed by atoms with Crippen LogP contribution >= 0.6 is 11.8 Å². The molecule has 0 aliphatic carbocycles. The highest BCUT2D eigenvalue weighted by Crippen LogP contribution is 1.98. The largest absolute Gasteiger partial charge is 0.246 e. The van der Waals surface area contributed by atoms with Gasteiger partial charge in [-0.2, -0.15) is 11.8 Å². The minimum Gasteiger partial charge on any atom is -0.246 e. The Morgan fingerprint density at radius 2 is 1.64 bits per heavy atom. The molecule has 2 heteroatoms. The van der Waals surface area contributed by atoms with Gasteiger partial charge in [0.25, 0.3) is 0 Å². The molecule has 0 bridgehead atoms. The van der Waals surface area contributed by atoms with Crippen molar-refractivity contribution in [2.45, 2.75) is 6.67 Å². The Morgan fingerprint density at radius 3 is 1.91 bits per heavy atom. The van der Waals surface area contributed by atoms with Gasteiger partial charge >= 0.3 is 0 Å². The van der Waals surface area contributed by atoms with Crippen LogP contribution in [0, 0.1) is 0 Å². The molecule has 0 unspecified atom stereocenters. The van der Waals surface area contributed by atoms with Crippen LogP contribution in [0.2, 0.25) is 0 Å². The summed E-state index contributed by atoms with van der Waals surface area (Å²) < 4.78 is 11.7. The van der Waals surface area contributed by atoms with Gasteiger partial charge in [0, 0.05) is 0 Å². The minimum atomic E-state index is -0.360. The third-order valence-corrected chi connectivity index (χ3v) is 0.997. The zero-order valence-electron chi connectivity index (χ0n) is 6.88. The van der Waals surface area contributed by atoms with Gasteiger partial charge in [0.2, 0.25) is 0 Å².